The fourth-order valence-electron chi connectivity index (χ4n) is 3.30. The highest BCUT2D eigenvalue weighted by molar-refractivity contribution is 6.00. The first-order valence-electron chi connectivity index (χ1n) is 9.45. The molecule has 1 N–H and O–H groups in total. The molecule has 0 bridgehead atoms. The molecule has 2 nitrogen and oxygen atoms in total. The fourth-order valence-corrected chi connectivity index (χ4v) is 3.30. The number of fused-ring (bicyclic) bond motifs is 1. The molecular formula is C23H27NO. The molecular weight excluding hydrogens is 306 g/mol. The van der Waals surface area contributed by atoms with Crippen LogP contribution in [0.2, 0.25) is 0 Å². The molecule has 0 aliphatic heterocycles. The monoisotopic (exact) mass is 333 g/mol. The average molecular weight is 333 g/mol. The van der Waals surface area contributed by atoms with Crippen molar-refractivity contribution in [2.24, 2.45) is 0 Å². The van der Waals surface area contributed by atoms with Gasteiger partial charge in [0.2, 0.25) is 5.91 Å². The molecule has 1 aromatic rings. The van der Waals surface area contributed by atoms with E-state index in [1.54, 1.807) is 0 Å². The Bertz CT molecular complexity index is 714. The van der Waals surface area contributed by atoms with Crippen molar-refractivity contribution in [3.8, 4) is 11.1 Å². The lowest BCUT2D eigenvalue weighted by atomic mass is 9.94. The second-order valence-corrected chi connectivity index (χ2v) is 6.84. The standard InChI is InChI=1S/C17H23NO.C6H4/c1-2-8-15-11-6-7-12-16(15)18-17(19)13-14-9-4-3-5-10-14;1-2-6-4-3-5(1)6/h6-7,11-13H,2-5,8-10H2,1H3,(H,18,19);1-4H. The molecule has 0 heterocycles. The summed E-state index contributed by atoms with van der Waals surface area (Å²) in [6, 6.07) is 16.6. The Kier molecular flexibility index (Phi) is 6.05. The van der Waals surface area contributed by atoms with Crippen LogP contribution in [0.3, 0.4) is 0 Å². The van der Waals surface area contributed by atoms with Crippen LogP contribution < -0.4 is 5.32 Å². The van der Waals surface area contributed by atoms with Crippen molar-refractivity contribution >= 4 is 11.6 Å². The van der Waals surface area contributed by atoms with E-state index in [0.717, 1.165) is 31.4 Å². The number of hydrogen-bond donors (Lipinski definition) is 1. The summed E-state index contributed by atoms with van der Waals surface area (Å²) in [6.07, 6.45) is 9.84. The molecule has 1 fully saturated rings. The second-order valence-electron chi connectivity index (χ2n) is 6.84. The summed E-state index contributed by atoms with van der Waals surface area (Å²) in [5.74, 6) is 0.0282. The van der Waals surface area contributed by atoms with E-state index in [-0.39, 0.29) is 5.91 Å². The number of nitrogens with one attached hydrogen (secondary N) is 1. The molecule has 0 aromatic heterocycles. The minimum atomic E-state index is 0.0282. The number of allylic oxidation sites excluding steroid dienone is 1. The van der Waals surface area contributed by atoms with Crippen molar-refractivity contribution in [1.82, 2.24) is 0 Å². The zero-order valence-corrected chi connectivity index (χ0v) is 15.1. The summed E-state index contributed by atoms with van der Waals surface area (Å²) >= 11 is 0. The molecule has 1 amide bonds. The molecule has 3 aliphatic rings. The number of aryl methyl sites for hydroxylation is 1. The Balaban J connectivity index is 0.000000250. The van der Waals surface area contributed by atoms with Crippen LogP contribution in [0.25, 0.3) is 11.1 Å². The van der Waals surface area contributed by atoms with Crippen LogP contribution in [0, 0.1) is 0 Å². The van der Waals surface area contributed by atoms with Gasteiger partial charge in [0, 0.05) is 11.8 Å². The first kappa shape index (κ1) is 17.5. The van der Waals surface area contributed by atoms with Gasteiger partial charge in [-0.3, -0.25) is 4.79 Å². The van der Waals surface area contributed by atoms with Gasteiger partial charge in [0.1, 0.15) is 0 Å². The van der Waals surface area contributed by atoms with Crippen molar-refractivity contribution in [2.45, 2.75) is 51.9 Å². The van der Waals surface area contributed by atoms with Gasteiger partial charge in [-0.25, -0.2) is 0 Å². The lowest BCUT2D eigenvalue weighted by molar-refractivity contribution is -0.112. The van der Waals surface area contributed by atoms with Crippen molar-refractivity contribution in [1.29, 1.82) is 0 Å². The van der Waals surface area contributed by atoms with E-state index >= 15 is 0 Å². The zero-order chi connectivity index (χ0) is 17.5. The molecule has 0 saturated heterocycles. The van der Waals surface area contributed by atoms with E-state index < -0.39 is 0 Å². The molecule has 1 aromatic carbocycles. The van der Waals surface area contributed by atoms with Gasteiger partial charge in [-0.15, -0.1) is 0 Å². The van der Waals surface area contributed by atoms with Crippen LogP contribution in [0.15, 0.2) is 60.2 Å². The Morgan fingerprint density at radius 2 is 1.60 bits per heavy atom. The van der Waals surface area contributed by atoms with Crippen LogP contribution in [0.5, 0.6) is 0 Å². The first-order valence-corrected chi connectivity index (χ1v) is 9.45. The minimum absolute atomic E-state index is 0.0282. The summed E-state index contributed by atoms with van der Waals surface area (Å²) in [5.41, 5.74) is 6.34. The molecule has 3 aliphatic carbocycles. The topological polar surface area (TPSA) is 29.1 Å². The number of carbonyl (C=O) groups is 1. The van der Waals surface area contributed by atoms with E-state index in [0.29, 0.717) is 0 Å². The highest BCUT2D eigenvalue weighted by Gasteiger charge is 2.09. The number of carbonyl (C=O) groups excluding carboxylic acids is 1. The molecule has 1 saturated carbocycles. The quantitative estimate of drug-likeness (QED) is 0.571. The largest absolute Gasteiger partial charge is 0.322 e. The molecule has 4 rings (SSSR count). The number of anilines is 1. The van der Waals surface area contributed by atoms with Gasteiger partial charge in [-0.1, -0.05) is 67.8 Å². The molecule has 25 heavy (non-hydrogen) atoms. The fraction of sp³-hybridized carbons (Fsp3) is 0.348. The summed E-state index contributed by atoms with van der Waals surface area (Å²) < 4.78 is 0. The predicted molar refractivity (Wildman–Crippen MR) is 106 cm³/mol. The van der Waals surface area contributed by atoms with Crippen LogP contribution in [-0.4, -0.2) is 5.91 Å². The number of amides is 1. The summed E-state index contributed by atoms with van der Waals surface area (Å²) in [4.78, 5) is 12.0. The van der Waals surface area contributed by atoms with Gasteiger partial charge >= 0.3 is 0 Å². The van der Waals surface area contributed by atoms with Crippen molar-refractivity contribution < 1.29 is 4.79 Å². The predicted octanol–water partition coefficient (Wildman–Crippen LogP) is 6.14. The average Bonchev–Trinajstić information content (AvgIpc) is 2.61. The Labute approximate surface area is 151 Å². The van der Waals surface area contributed by atoms with Gasteiger partial charge in [0.25, 0.3) is 0 Å². The molecule has 130 valence electrons. The van der Waals surface area contributed by atoms with Crippen molar-refractivity contribution in [3.05, 3.63) is 65.7 Å². The molecule has 2 heteroatoms. The summed E-state index contributed by atoms with van der Waals surface area (Å²) in [7, 11) is 0. The van der Waals surface area contributed by atoms with Crippen LogP contribution >= 0.6 is 0 Å². The molecule has 0 unspecified atom stereocenters. The van der Waals surface area contributed by atoms with E-state index in [9.17, 15) is 4.79 Å². The Hall–Kier alpha value is -2.35. The lowest BCUT2D eigenvalue weighted by Gasteiger charge is -2.14. The van der Waals surface area contributed by atoms with E-state index in [4.69, 9.17) is 0 Å². The number of benzene rings is 2. The van der Waals surface area contributed by atoms with Gasteiger partial charge in [0.05, 0.1) is 0 Å². The third-order valence-electron chi connectivity index (χ3n) is 4.84. The smallest absolute Gasteiger partial charge is 0.248 e. The maximum absolute atomic E-state index is 12.0. The number of hydrogen-bond acceptors (Lipinski definition) is 1. The van der Waals surface area contributed by atoms with Gasteiger partial charge < -0.3 is 5.32 Å². The highest BCUT2D eigenvalue weighted by atomic mass is 16.1. The Morgan fingerprint density at radius 1 is 0.960 bits per heavy atom. The maximum Gasteiger partial charge on any atom is 0.248 e. The maximum atomic E-state index is 12.0. The van der Waals surface area contributed by atoms with E-state index in [2.05, 4.69) is 42.6 Å². The second kappa shape index (κ2) is 8.66. The third kappa shape index (κ3) is 4.82. The van der Waals surface area contributed by atoms with Crippen LogP contribution in [-0.2, 0) is 11.2 Å². The first-order chi connectivity index (χ1) is 12.3. The molecule has 0 atom stereocenters. The number of rotatable bonds is 4. The van der Waals surface area contributed by atoms with Gasteiger partial charge in [0.15, 0.2) is 0 Å². The van der Waals surface area contributed by atoms with E-state index in [1.165, 1.54) is 41.5 Å². The van der Waals surface area contributed by atoms with Gasteiger partial charge in [-0.2, -0.15) is 0 Å². The van der Waals surface area contributed by atoms with Crippen LogP contribution in [0.4, 0.5) is 5.69 Å². The molecule has 0 spiro atoms. The van der Waals surface area contributed by atoms with E-state index in [1.807, 2.05) is 24.3 Å². The summed E-state index contributed by atoms with van der Waals surface area (Å²) in [5, 5.41) is 3.03. The highest BCUT2D eigenvalue weighted by Crippen LogP contribution is 2.29. The van der Waals surface area contributed by atoms with Crippen LogP contribution in [0.1, 0.15) is 51.0 Å². The third-order valence-corrected chi connectivity index (χ3v) is 4.84. The normalized spacial score (nSPS) is 14.2. The molecule has 0 radical (unpaired) electrons. The summed E-state index contributed by atoms with van der Waals surface area (Å²) in [6.45, 7) is 2.16. The van der Waals surface area contributed by atoms with Crippen molar-refractivity contribution in [3.63, 3.8) is 0 Å². The van der Waals surface area contributed by atoms with Gasteiger partial charge in [-0.05, 0) is 54.9 Å². The number of para-hydroxylation sites is 1. The zero-order valence-electron chi connectivity index (χ0n) is 15.1. The Morgan fingerprint density at radius 3 is 2.16 bits per heavy atom. The minimum Gasteiger partial charge on any atom is -0.322 e. The SMILES string of the molecule is CCCc1ccccc1NC(=O)C=C1CCCCC1.c1cc2ccc1-2. The lowest BCUT2D eigenvalue weighted by Crippen LogP contribution is -2.11. The van der Waals surface area contributed by atoms with Crippen molar-refractivity contribution in [2.75, 3.05) is 5.32 Å².